The number of aliphatic carboxylic acids is 3. The Kier molecular flexibility index (Phi) is 28.3. The molecule has 0 aliphatic rings. The number of unbranched alkanes of at least 4 members (excludes halogenated alkanes) is 12. The number of H-pyrrole nitrogens is 1. The predicted octanol–water partition coefficient (Wildman–Crippen LogP) is 1.68. The zero-order valence-electron chi connectivity index (χ0n) is 36.7. The molecule has 6 amide bonds. The molecule has 0 aliphatic carbocycles. The average Bonchev–Trinajstić information content (AvgIpc) is 3.73. The summed E-state index contributed by atoms with van der Waals surface area (Å²) in [7, 11) is -4.11. The number of carboxylic acids is 3. The summed E-state index contributed by atoms with van der Waals surface area (Å²) in [6.07, 6.45) is 12.7. The zero-order chi connectivity index (χ0) is 47.9. The van der Waals surface area contributed by atoms with Crippen molar-refractivity contribution in [2.45, 2.75) is 179 Å². The lowest BCUT2D eigenvalue weighted by Gasteiger charge is -2.26. The molecule has 4 atom stereocenters. The molecule has 11 N–H and O–H groups in total. The van der Waals surface area contributed by atoms with Crippen molar-refractivity contribution in [3.8, 4) is 0 Å². The number of aromatic amines is 1. The normalized spacial score (nSPS) is 13.1. The van der Waals surface area contributed by atoms with Crippen molar-refractivity contribution in [3.63, 3.8) is 0 Å². The second-order valence-corrected chi connectivity index (χ2v) is 17.6. The number of nitrogens with zero attached hydrogens (tertiary/aromatic N) is 1. The zero-order valence-corrected chi connectivity index (χ0v) is 37.5. The van der Waals surface area contributed by atoms with Gasteiger partial charge in [0, 0.05) is 50.4 Å². The molecule has 64 heavy (non-hydrogen) atoms. The van der Waals surface area contributed by atoms with Gasteiger partial charge < -0.3 is 47.3 Å². The topological polar surface area (TPSA) is 363 Å². The number of imidazole rings is 1. The first-order chi connectivity index (χ1) is 30.3. The van der Waals surface area contributed by atoms with Crippen molar-refractivity contribution in [3.05, 3.63) is 18.2 Å². The number of aromatic nitrogens is 2. The van der Waals surface area contributed by atoms with Gasteiger partial charge in [0.1, 0.15) is 24.2 Å². The molecule has 1 aromatic rings. The fraction of sp³-hybridized carbons (Fsp3) is 0.707. The summed E-state index contributed by atoms with van der Waals surface area (Å²) >= 11 is 0. The van der Waals surface area contributed by atoms with E-state index in [2.05, 4.69) is 38.2 Å². The van der Waals surface area contributed by atoms with E-state index in [-0.39, 0.29) is 19.3 Å². The number of sulfonamides is 1. The number of amides is 6. The van der Waals surface area contributed by atoms with Crippen LogP contribution in [0, 0.1) is 0 Å². The highest BCUT2D eigenvalue weighted by atomic mass is 32.2. The van der Waals surface area contributed by atoms with Crippen molar-refractivity contribution in [1.29, 1.82) is 0 Å². The van der Waals surface area contributed by atoms with Crippen molar-refractivity contribution in [1.82, 2.24) is 36.0 Å². The molecule has 0 saturated heterocycles. The number of carbonyl (C=O) groups excluding carboxylic acids is 6. The number of primary amides is 1. The van der Waals surface area contributed by atoms with Crippen LogP contribution in [0.4, 0.5) is 0 Å². The smallest absolute Gasteiger partial charge is 0.326 e. The molecule has 1 rings (SSSR count). The minimum absolute atomic E-state index is 0.0163. The van der Waals surface area contributed by atoms with Crippen LogP contribution in [0.2, 0.25) is 0 Å². The van der Waals surface area contributed by atoms with Crippen molar-refractivity contribution >= 4 is 63.4 Å². The molecule has 0 radical (unpaired) electrons. The van der Waals surface area contributed by atoms with E-state index in [1.54, 1.807) is 0 Å². The third-order valence-electron chi connectivity index (χ3n) is 10.1. The first-order valence-electron chi connectivity index (χ1n) is 22.0. The molecular formula is C41H68N8O14S. The van der Waals surface area contributed by atoms with E-state index in [0.717, 1.165) is 25.7 Å². The molecule has 1 aromatic heterocycles. The molecule has 0 unspecified atom stereocenters. The summed E-state index contributed by atoms with van der Waals surface area (Å²) in [6.45, 7) is 2.20. The number of rotatable bonds is 38. The van der Waals surface area contributed by atoms with Crippen LogP contribution in [0.15, 0.2) is 12.5 Å². The molecule has 0 saturated carbocycles. The lowest BCUT2D eigenvalue weighted by molar-refractivity contribution is -0.142. The second-order valence-electron chi connectivity index (χ2n) is 15.7. The Bertz CT molecular complexity index is 1760. The molecule has 0 aromatic carbocycles. The van der Waals surface area contributed by atoms with E-state index >= 15 is 0 Å². The molecule has 1 heterocycles. The highest BCUT2D eigenvalue weighted by Gasteiger charge is 2.32. The Labute approximate surface area is 373 Å². The molecule has 22 nitrogen and oxygen atoms in total. The number of hydrogen-bond acceptors (Lipinski definition) is 12. The van der Waals surface area contributed by atoms with Gasteiger partial charge in [0.15, 0.2) is 0 Å². The van der Waals surface area contributed by atoms with Gasteiger partial charge in [-0.05, 0) is 32.1 Å². The number of nitrogens with two attached hydrogens (primary N) is 1. The third-order valence-corrected chi connectivity index (χ3v) is 11.4. The van der Waals surface area contributed by atoms with E-state index in [4.69, 9.17) is 5.73 Å². The van der Waals surface area contributed by atoms with Crippen LogP contribution in [0.25, 0.3) is 0 Å². The number of hydrogen-bond donors (Lipinski definition) is 10. The van der Waals surface area contributed by atoms with Crippen molar-refractivity contribution in [2.75, 3.05) is 5.75 Å². The fourth-order valence-electron chi connectivity index (χ4n) is 6.53. The summed E-state index contributed by atoms with van der Waals surface area (Å²) in [5.41, 5.74) is 5.57. The maximum absolute atomic E-state index is 13.5. The van der Waals surface area contributed by atoms with Gasteiger partial charge in [0.2, 0.25) is 45.5 Å². The number of carbonyl (C=O) groups is 9. The van der Waals surface area contributed by atoms with E-state index in [9.17, 15) is 66.9 Å². The van der Waals surface area contributed by atoms with Crippen LogP contribution in [-0.4, -0.2) is 117 Å². The SMILES string of the molecule is CCCCCCCCCCCCCCCC(=O)NS(=O)(=O)CCCC(=O)N[C@@H](CCC(=O)O)C(=O)N[C@@H](CCC(=O)O)C(=O)N[C@@H](CCC(N)=O)C(=O)N[C@@H](Cc1cnc[nH]1)C(=O)O. The molecule has 0 spiro atoms. The molecule has 23 heteroatoms. The lowest BCUT2D eigenvalue weighted by atomic mass is 10.0. The van der Waals surface area contributed by atoms with E-state index < -0.39 is 138 Å². The van der Waals surface area contributed by atoms with Crippen molar-refractivity contribution < 1.29 is 66.9 Å². The minimum Gasteiger partial charge on any atom is -0.481 e. The number of carboxylic acid groups (broad SMARTS) is 3. The van der Waals surface area contributed by atoms with Crippen LogP contribution in [0.1, 0.15) is 154 Å². The summed E-state index contributed by atoms with van der Waals surface area (Å²) in [5.74, 6) is -10.6. The molecule has 0 fully saturated rings. The molecule has 362 valence electrons. The summed E-state index contributed by atoms with van der Waals surface area (Å²) in [6, 6.07) is -6.48. The summed E-state index contributed by atoms with van der Waals surface area (Å²) < 4.78 is 27.1. The maximum Gasteiger partial charge on any atom is 0.326 e. The Balaban J connectivity index is 2.81. The van der Waals surface area contributed by atoms with Gasteiger partial charge >= 0.3 is 17.9 Å². The van der Waals surface area contributed by atoms with Crippen LogP contribution in [-0.2, 0) is 59.6 Å². The van der Waals surface area contributed by atoms with Crippen LogP contribution in [0.3, 0.4) is 0 Å². The highest BCUT2D eigenvalue weighted by Crippen LogP contribution is 2.13. The van der Waals surface area contributed by atoms with Gasteiger partial charge in [0.25, 0.3) is 0 Å². The third kappa shape index (κ3) is 27.4. The van der Waals surface area contributed by atoms with Crippen LogP contribution in [0.5, 0.6) is 0 Å². The second kappa shape index (κ2) is 32.1. The van der Waals surface area contributed by atoms with Gasteiger partial charge in [-0.3, -0.25) is 43.1 Å². The first kappa shape index (κ1) is 56.4. The van der Waals surface area contributed by atoms with Gasteiger partial charge in [0.05, 0.1) is 12.1 Å². The van der Waals surface area contributed by atoms with Crippen LogP contribution < -0.4 is 31.7 Å². The number of nitrogens with one attached hydrogen (secondary N) is 6. The Morgan fingerprint density at radius 2 is 1.03 bits per heavy atom. The molecule has 0 aliphatic heterocycles. The Hall–Kier alpha value is -5.61. The van der Waals surface area contributed by atoms with Gasteiger partial charge in [-0.15, -0.1) is 0 Å². The van der Waals surface area contributed by atoms with E-state index in [0.29, 0.717) is 12.1 Å². The summed E-state index contributed by atoms with van der Waals surface area (Å²) in [5, 5.41) is 37.3. The standard InChI is InChI=1S/C41H68N8O14S/c1-2-3-4-5-6-7-8-9-10-11-12-13-14-16-35(52)49-64(62,63)24-15-17-34(51)45-29(19-22-36(53)54)38(57)47-31(20-23-37(55)56)39(58)46-30(18-21-33(42)50)40(59)48-32(41(60)61)25-28-26-43-27-44-28/h26-27,29-32H,2-25H2,1H3,(H2,42,50)(H,43,44)(H,45,51)(H,46,58)(H,47,57)(H,48,59)(H,49,52)(H,53,54)(H,55,56)(H,60,61)/t29-,30-,31-,32-/m0/s1. The highest BCUT2D eigenvalue weighted by molar-refractivity contribution is 7.90. The Morgan fingerprint density at radius 3 is 1.47 bits per heavy atom. The molecular weight excluding hydrogens is 861 g/mol. The van der Waals surface area contributed by atoms with E-state index in [1.807, 2.05) is 4.72 Å². The van der Waals surface area contributed by atoms with Gasteiger partial charge in [-0.2, -0.15) is 0 Å². The average molecular weight is 929 g/mol. The molecule has 0 bridgehead atoms. The predicted molar refractivity (Wildman–Crippen MR) is 231 cm³/mol. The largest absolute Gasteiger partial charge is 0.481 e. The van der Waals surface area contributed by atoms with Gasteiger partial charge in [-0.25, -0.2) is 18.2 Å². The monoisotopic (exact) mass is 928 g/mol. The lowest BCUT2D eigenvalue weighted by Crippen LogP contribution is -2.58. The minimum atomic E-state index is -4.11. The Morgan fingerprint density at radius 1 is 0.594 bits per heavy atom. The maximum atomic E-state index is 13.5. The van der Waals surface area contributed by atoms with Crippen molar-refractivity contribution in [2.24, 2.45) is 5.73 Å². The fourth-order valence-corrected chi connectivity index (χ4v) is 7.61. The van der Waals surface area contributed by atoms with E-state index in [1.165, 1.54) is 63.9 Å². The quantitative estimate of drug-likeness (QED) is 0.0422. The van der Waals surface area contributed by atoms with Crippen LogP contribution >= 0.6 is 0 Å². The summed E-state index contributed by atoms with van der Waals surface area (Å²) in [4.78, 5) is 118. The van der Waals surface area contributed by atoms with Gasteiger partial charge in [-0.1, -0.05) is 84.0 Å². The first-order valence-corrected chi connectivity index (χ1v) is 23.6.